The van der Waals surface area contributed by atoms with Gasteiger partial charge in [-0.25, -0.2) is 0 Å². The fourth-order valence-corrected chi connectivity index (χ4v) is 3.75. The zero-order chi connectivity index (χ0) is 16.1. The fraction of sp³-hybridized carbons (Fsp3) is 0.579. The van der Waals surface area contributed by atoms with Crippen molar-refractivity contribution in [2.75, 3.05) is 4.90 Å². The first kappa shape index (κ1) is 15.3. The second-order valence-electron chi connectivity index (χ2n) is 7.94. The van der Waals surface area contributed by atoms with Crippen LogP contribution in [-0.2, 0) is 15.0 Å². The van der Waals surface area contributed by atoms with Crippen molar-refractivity contribution >= 4 is 17.5 Å². The second kappa shape index (κ2) is 5.22. The van der Waals surface area contributed by atoms with Crippen molar-refractivity contribution in [3.8, 4) is 0 Å². The topological polar surface area (TPSA) is 37.4 Å². The van der Waals surface area contributed by atoms with Crippen LogP contribution in [0.1, 0.15) is 52.5 Å². The largest absolute Gasteiger partial charge is 0.274 e. The van der Waals surface area contributed by atoms with Crippen molar-refractivity contribution in [1.82, 2.24) is 0 Å². The van der Waals surface area contributed by atoms with Gasteiger partial charge in [-0.2, -0.15) is 0 Å². The number of fused-ring (bicyclic) bond motifs is 1. The predicted octanol–water partition coefficient (Wildman–Crippen LogP) is 3.91. The van der Waals surface area contributed by atoms with Crippen LogP contribution >= 0.6 is 0 Å². The highest BCUT2D eigenvalue weighted by atomic mass is 16.2. The number of anilines is 1. The highest BCUT2D eigenvalue weighted by molar-refractivity contribution is 6.22. The summed E-state index contributed by atoms with van der Waals surface area (Å²) in [6.07, 6.45) is 2.76. The molecule has 3 rings (SSSR count). The number of benzene rings is 1. The van der Waals surface area contributed by atoms with Crippen molar-refractivity contribution in [3.05, 3.63) is 29.8 Å². The van der Waals surface area contributed by atoms with Crippen LogP contribution in [0.2, 0.25) is 0 Å². The van der Waals surface area contributed by atoms with Gasteiger partial charge in [-0.1, -0.05) is 39.8 Å². The molecule has 1 aliphatic carbocycles. The Balaban J connectivity index is 1.89. The molecule has 0 N–H and O–H groups in total. The first-order chi connectivity index (χ1) is 10.3. The molecule has 1 aromatic carbocycles. The first-order valence-electron chi connectivity index (χ1n) is 8.27. The molecule has 0 spiro atoms. The summed E-state index contributed by atoms with van der Waals surface area (Å²) in [5, 5.41) is 0. The number of nitrogens with zero attached hydrogens (tertiary/aromatic N) is 1. The fourth-order valence-electron chi connectivity index (χ4n) is 3.75. The summed E-state index contributed by atoms with van der Waals surface area (Å²) in [7, 11) is 0. The molecular weight excluding hydrogens is 274 g/mol. The van der Waals surface area contributed by atoms with E-state index in [2.05, 4.69) is 27.7 Å². The van der Waals surface area contributed by atoms with E-state index in [0.29, 0.717) is 5.92 Å². The normalized spacial score (nSPS) is 28.9. The Bertz CT molecular complexity index is 597. The Hall–Kier alpha value is -1.64. The van der Waals surface area contributed by atoms with E-state index in [1.165, 1.54) is 10.5 Å². The molecule has 1 heterocycles. The van der Waals surface area contributed by atoms with Gasteiger partial charge in [-0.15, -0.1) is 0 Å². The number of rotatable bonds is 1. The van der Waals surface area contributed by atoms with E-state index in [0.717, 1.165) is 24.9 Å². The van der Waals surface area contributed by atoms with Gasteiger partial charge in [0, 0.05) is 0 Å². The van der Waals surface area contributed by atoms with E-state index in [4.69, 9.17) is 0 Å². The lowest BCUT2D eigenvalue weighted by molar-refractivity contribution is -0.122. The number of imide groups is 1. The molecule has 2 fully saturated rings. The van der Waals surface area contributed by atoms with Crippen LogP contribution in [0.5, 0.6) is 0 Å². The van der Waals surface area contributed by atoms with Crippen LogP contribution in [0.3, 0.4) is 0 Å². The number of amides is 2. The van der Waals surface area contributed by atoms with Crippen LogP contribution < -0.4 is 4.90 Å². The lowest BCUT2D eigenvalue weighted by Gasteiger charge is -2.25. The molecule has 2 aliphatic rings. The quantitative estimate of drug-likeness (QED) is 0.737. The van der Waals surface area contributed by atoms with Crippen molar-refractivity contribution in [2.24, 2.45) is 17.8 Å². The summed E-state index contributed by atoms with van der Waals surface area (Å²) in [4.78, 5) is 26.8. The Morgan fingerprint density at radius 1 is 0.955 bits per heavy atom. The number of carbonyl (C=O) groups is 2. The van der Waals surface area contributed by atoms with Crippen molar-refractivity contribution in [2.45, 2.75) is 52.4 Å². The third-order valence-electron chi connectivity index (χ3n) is 5.18. The Morgan fingerprint density at radius 2 is 1.55 bits per heavy atom. The van der Waals surface area contributed by atoms with Crippen molar-refractivity contribution in [1.29, 1.82) is 0 Å². The van der Waals surface area contributed by atoms with Gasteiger partial charge in [0.15, 0.2) is 0 Å². The zero-order valence-electron chi connectivity index (χ0n) is 13.9. The van der Waals surface area contributed by atoms with Crippen LogP contribution in [-0.4, -0.2) is 11.8 Å². The lowest BCUT2D eigenvalue weighted by atomic mass is 9.76. The summed E-state index contributed by atoms with van der Waals surface area (Å²) < 4.78 is 0. The predicted molar refractivity (Wildman–Crippen MR) is 87.6 cm³/mol. The van der Waals surface area contributed by atoms with Gasteiger partial charge in [-0.3, -0.25) is 14.5 Å². The molecule has 118 valence electrons. The van der Waals surface area contributed by atoms with Crippen molar-refractivity contribution < 1.29 is 9.59 Å². The van der Waals surface area contributed by atoms with Gasteiger partial charge >= 0.3 is 0 Å². The minimum atomic E-state index is -0.0986. The molecule has 22 heavy (non-hydrogen) atoms. The number of carbonyl (C=O) groups excluding carboxylic acids is 2. The molecule has 2 amide bonds. The van der Waals surface area contributed by atoms with Gasteiger partial charge in [0.25, 0.3) is 0 Å². The summed E-state index contributed by atoms with van der Waals surface area (Å²) >= 11 is 0. The molecule has 1 aliphatic heterocycles. The molecule has 1 aromatic rings. The summed E-state index contributed by atoms with van der Waals surface area (Å²) in [6, 6.07) is 7.88. The van der Waals surface area contributed by atoms with E-state index in [-0.39, 0.29) is 29.1 Å². The van der Waals surface area contributed by atoms with E-state index >= 15 is 0 Å². The molecule has 1 saturated carbocycles. The average Bonchev–Trinajstić information content (AvgIpc) is 2.70. The maximum Gasteiger partial charge on any atom is 0.237 e. The number of hydrogen-bond acceptors (Lipinski definition) is 2. The zero-order valence-corrected chi connectivity index (χ0v) is 13.9. The second-order valence-corrected chi connectivity index (χ2v) is 7.94. The van der Waals surface area contributed by atoms with E-state index in [1.807, 2.05) is 24.3 Å². The molecule has 1 saturated heterocycles. The van der Waals surface area contributed by atoms with Crippen LogP contribution in [0, 0.1) is 17.8 Å². The summed E-state index contributed by atoms with van der Waals surface area (Å²) in [5.74, 6) is 0.362. The van der Waals surface area contributed by atoms with Gasteiger partial charge in [0.1, 0.15) is 0 Å². The third kappa shape index (κ3) is 2.47. The van der Waals surface area contributed by atoms with Gasteiger partial charge in [-0.05, 0) is 48.3 Å². The maximum atomic E-state index is 12.7. The monoisotopic (exact) mass is 299 g/mol. The van der Waals surface area contributed by atoms with Crippen LogP contribution in [0.25, 0.3) is 0 Å². The minimum Gasteiger partial charge on any atom is -0.274 e. The standard InChI is InChI=1S/C19H25NO2/c1-12-5-10-15-16(11-12)18(22)20(17(15)21)14-8-6-13(7-9-14)19(2,3)4/h6-9,12,15-16H,5,10-11H2,1-4H3/t12-,15+,16+/m0/s1. The number of hydrogen-bond donors (Lipinski definition) is 0. The summed E-state index contributed by atoms with van der Waals surface area (Å²) in [6.45, 7) is 8.65. The molecule has 0 bridgehead atoms. The molecule has 0 radical (unpaired) electrons. The highest BCUT2D eigenvalue weighted by Gasteiger charge is 2.49. The highest BCUT2D eigenvalue weighted by Crippen LogP contribution is 2.42. The SMILES string of the molecule is C[C@H]1CC[C@H]2C(=O)N(c3ccc(C(C)(C)C)cc3)C(=O)[C@@H]2C1. The minimum absolute atomic E-state index is 0.00468. The molecule has 3 atom stereocenters. The Labute approximate surface area is 132 Å². The van der Waals surface area contributed by atoms with Crippen LogP contribution in [0.4, 0.5) is 5.69 Å². The van der Waals surface area contributed by atoms with E-state index < -0.39 is 0 Å². The summed E-state index contributed by atoms with van der Waals surface area (Å²) in [5.41, 5.74) is 2.01. The molecule has 3 heteroatoms. The van der Waals surface area contributed by atoms with Gasteiger partial charge in [0.2, 0.25) is 11.8 Å². The van der Waals surface area contributed by atoms with Gasteiger partial charge in [0.05, 0.1) is 17.5 Å². The lowest BCUT2D eigenvalue weighted by Crippen LogP contribution is -2.30. The van der Waals surface area contributed by atoms with Crippen LogP contribution in [0.15, 0.2) is 24.3 Å². The Kier molecular flexibility index (Phi) is 3.62. The smallest absolute Gasteiger partial charge is 0.237 e. The van der Waals surface area contributed by atoms with Crippen molar-refractivity contribution in [3.63, 3.8) is 0 Å². The van der Waals surface area contributed by atoms with Gasteiger partial charge < -0.3 is 0 Å². The molecular formula is C19H25NO2. The first-order valence-corrected chi connectivity index (χ1v) is 8.27. The van der Waals surface area contributed by atoms with E-state index in [1.54, 1.807) is 0 Å². The van der Waals surface area contributed by atoms with E-state index in [9.17, 15) is 9.59 Å². The maximum absolute atomic E-state index is 12.7. The Morgan fingerprint density at radius 3 is 2.14 bits per heavy atom. The molecule has 0 aromatic heterocycles. The third-order valence-corrected chi connectivity index (χ3v) is 5.18. The molecule has 3 nitrogen and oxygen atoms in total. The molecule has 0 unspecified atom stereocenters. The average molecular weight is 299 g/mol.